The van der Waals surface area contributed by atoms with Gasteiger partial charge in [-0.1, -0.05) is 0 Å². The van der Waals surface area contributed by atoms with Gasteiger partial charge in [0.1, 0.15) is 6.07 Å². The maximum atomic E-state index is 14.7. The van der Waals surface area contributed by atoms with Crippen molar-refractivity contribution in [2.24, 2.45) is 0 Å². The maximum Gasteiger partial charge on any atom is 0.453 e. The monoisotopic (exact) mass is 584 g/mol. The van der Waals surface area contributed by atoms with Gasteiger partial charge in [0.15, 0.2) is 22.4 Å². The van der Waals surface area contributed by atoms with Crippen LogP contribution < -0.4 is 14.5 Å². The number of nitriles is 1. The maximum absolute atomic E-state index is 14.7. The number of pyridine rings is 1. The van der Waals surface area contributed by atoms with Crippen LogP contribution in [0.3, 0.4) is 0 Å². The molecule has 1 amide bonds. The lowest BCUT2D eigenvalue weighted by Gasteiger charge is -2.30. The van der Waals surface area contributed by atoms with E-state index in [9.17, 15) is 44.3 Å². The van der Waals surface area contributed by atoms with Gasteiger partial charge in [0, 0.05) is 31.1 Å². The van der Waals surface area contributed by atoms with E-state index in [1.807, 2.05) is 0 Å². The van der Waals surface area contributed by atoms with E-state index >= 15 is 0 Å². The fourth-order valence-electron chi connectivity index (χ4n) is 3.59. The Labute approximate surface area is 220 Å². The summed E-state index contributed by atoms with van der Waals surface area (Å²) in [5, 5.41) is 8.65. The number of carbonyl (C=O) groups excluding carboxylic acids is 1. The molecule has 16 heteroatoms. The van der Waals surface area contributed by atoms with Crippen molar-refractivity contribution in [1.29, 1.82) is 5.26 Å². The van der Waals surface area contributed by atoms with Crippen molar-refractivity contribution in [1.82, 2.24) is 4.98 Å². The van der Waals surface area contributed by atoms with Gasteiger partial charge < -0.3 is 9.64 Å². The number of benzene rings is 1. The van der Waals surface area contributed by atoms with Crippen molar-refractivity contribution in [3.63, 3.8) is 0 Å². The van der Waals surface area contributed by atoms with Crippen molar-refractivity contribution < 1.29 is 49.0 Å². The highest BCUT2D eigenvalue weighted by Gasteiger charge is 2.56. The number of alkyl halides is 8. The van der Waals surface area contributed by atoms with Gasteiger partial charge in [-0.3, -0.25) is 9.69 Å². The summed E-state index contributed by atoms with van der Waals surface area (Å²) in [7, 11) is 0. The Hall–Kier alpha value is -3.61. The third kappa shape index (κ3) is 6.70. The molecule has 0 radical (unpaired) electrons. The molecule has 2 aromatic rings. The standard InChI is InChI=1S/C23H17F9N4O2S/c24-16-10-13(4-5-18(16)38-8-2-6-21(25,26)23(30,31)32)35-7-1-3-19(37)36(20(35)39)14-9-15(22(27,28)29)17(11-33)34-12-14/h4-5,9-10,12H,1-3,6-8H2. The molecule has 0 aliphatic carbocycles. The molecular formula is C23H17F9N4O2S. The van der Waals surface area contributed by atoms with Crippen LogP contribution in [-0.2, 0) is 11.0 Å². The van der Waals surface area contributed by atoms with Gasteiger partial charge in [-0.15, -0.1) is 0 Å². The molecule has 1 aliphatic rings. The summed E-state index contributed by atoms with van der Waals surface area (Å²) in [4.78, 5) is 18.3. The molecule has 0 atom stereocenters. The van der Waals surface area contributed by atoms with E-state index in [1.54, 1.807) is 0 Å². The lowest BCUT2D eigenvalue weighted by molar-refractivity contribution is -0.284. The quantitative estimate of drug-likeness (QED) is 0.214. The summed E-state index contributed by atoms with van der Waals surface area (Å²) >= 11 is 5.34. The highest BCUT2D eigenvalue weighted by Crippen LogP contribution is 2.39. The van der Waals surface area contributed by atoms with Gasteiger partial charge in [-0.25, -0.2) is 9.37 Å². The first-order valence-electron chi connectivity index (χ1n) is 11.1. The van der Waals surface area contributed by atoms with E-state index in [0.29, 0.717) is 6.07 Å². The average Bonchev–Trinajstić information content (AvgIpc) is 2.98. The molecule has 1 fully saturated rings. The van der Waals surface area contributed by atoms with Crippen LogP contribution in [0.4, 0.5) is 50.9 Å². The van der Waals surface area contributed by atoms with Gasteiger partial charge in [0.05, 0.1) is 24.1 Å². The summed E-state index contributed by atoms with van der Waals surface area (Å²) in [6, 6.07) is 5.11. The third-order valence-corrected chi connectivity index (χ3v) is 5.92. The number of hydrogen-bond acceptors (Lipinski definition) is 5. The molecule has 0 saturated carbocycles. The number of rotatable bonds is 7. The molecule has 1 aliphatic heterocycles. The molecule has 210 valence electrons. The second-order valence-electron chi connectivity index (χ2n) is 8.24. The summed E-state index contributed by atoms with van der Waals surface area (Å²) in [5.41, 5.74) is -2.59. The number of thiocarbonyl (C=S) groups is 1. The third-order valence-electron chi connectivity index (χ3n) is 5.52. The van der Waals surface area contributed by atoms with Gasteiger partial charge in [0.2, 0.25) is 5.91 Å². The van der Waals surface area contributed by atoms with Crippen molar-refractivity contribution in [3.8, 4) is 11.8 Å². The minimum atomic E-state index is -5.72. The lowest BCUT2D eigenvalue weighted by Crippen LogP contribution is -2.44. The lowest BCUT2D eigenvalue weighted by atomic mass is 10.1. The van der Waals surface area contributed by atoms with Gasteiger partial charge in [0.25, 0.3) is 0 Å². The summed E-state index contributed by atoms with van der Waals surface area (Å²) in [6.07, 6.45) is -12.0. The Balaban J connectivity index is 1.81. The first kappa shape index (κ1) is 29.9. The molecule has 2 heterocycles. The van der Waals surface area contributed by atoms with Crippen LogP contribution in [0, 0.1) is 17.1 Å². The highest BCUT2D eigenvalue weighted by molar-refractivity contribution is 7.81. The van der Waals surface area contributed by atoms with E-state index < -0.39 is 66.5 Å². The average molecular weight is 584 g/mol. The van der Waals surface area contributed by atoms with Crippen LogP contribution in [0.15, 0.2) is 30.5 Å². The number of aromatic nitrogens is 1. The number of carbonyl (C=O) groups is 1. The summed E-state index contributed by atoms with van der Waals surface area (Å²) in [6.45, 7) is -0.581. The Morgan fingerprint density at radius 1 is 1.08 bits per heavy atom. The number of anilines is 2. The first-order valence-corrected chi connectivity index (χ1v) is 11.5. The Bertz CT molecular complexity index is 1290. The Kier molecular flexibility index (Phi) is 8.63. The van der Waals surface area contributed by atoms with Crippen LogP contribution in [0.1, 0.15) is 36.9 Å². The molecule has 6 nitrogen and oxygen atoms in total. The molecule has 0 N–H and O–H groups in total. The minimum absolute atomic E-state index is 0.0586. The smallest absolute Gasteiger partial charge is 0.453 e. The van der Waals surface area contributed by atoms with Gasteiger partial charge >= 0.3 is 18.3 Å². The van der Waals surface area contributed by atoms with Gasteiger partial charge in [-0.05, 0) is 43.3 Å². The molecule has 1 aromatic heterocycles. The van der Waals surface area contributed by atoms with Crippen LogP contribution >= 0.6 is 12.2 Å². The number of halogens is 9. The largest absolute Gasteiger partial charge is 0.491 e. The zero-order valence-corrected chi connectivity index (χ0v) is 20.4. The fraction of sp³-hybridized carbons (Fsp3) is 0.391. The molecule has 1 aromatic carbocycles. The van der Waals surface area contributed by atoms with Crippen LogP contribution in [0.25, 0.3) is 0 Å². The van der Waals surface area contributed by atoms with Crippen LogP contribution in [0.5, 0.6) is 5.75 Å². The van der Waals surface area contributed by atoms with Crippen molar-refractivity contribution in [2.45, 2.75) is 44.0 Å². The van der Waals surface area contributed by atoms with E-state index in [1.165, 1.54) is 17.0 Å². The second-order valence-corrected chi connectivity index (χ2v) is 8.60. The molecular weight excluding hydrogens is 567 g/mol. The number of ether oxygens (including phenoxy) is 1. The first-order chi connectivity index (χ1) is 18.1. The molecule has 0 unspecified atom stereocenters. The van der Waals surface area contributed by atoms with Crippen LogP contribution in [-0.4, -0.2) is 41.3 Å². The summed E-state index contributed by atoms with van der Waals surface area (Å²) < 4.78 is 123. The number of hydrogen-bond donors (Lipinski definition) is 0. The normalized spacial score (nSPS) is 15.3. The topological polar surface area (TPSA) is 69.5 Å². The number of amides is 1. The zero-order valence-electron chi connectivity index (χ0n) is 19.5. The van der Waals surface area contributed by atoms with Crippen molar-refractivity contribution in [2.75, 3.05) is 23.0 Å². The predicted molar refractivity (Wildman–Crippen MR) is 123 cm³/mol. The number of nitrogens with zero attached hydrogens (tertiary/aromatic N) is 4. The second kappa shape index (κ2) is 11.2. The van der Waals surface area contributed by atoms with E-state index in [4.69, 9.17) is 22.2 Å². The predicted octanol–water partition coefficient (Wildman–Crippen LogP) is 6.39. The molecule has 0 bridgehead atoms. The highest BCUT2D eigenvalue weighted by atomic mass is 32.1. The van der Waals surface area contributed by atoms with Crippen LogP contribution in [0.2, 0.25) is 0 Å². The molecule has 3 rings (SSSR count). The van der Waals surface area contributed by atoms with Crippen molar-refractivity contribution in [3.05, 3.63) is 47.5 Å². The zero-order chi connectivity index (χ0) is 29.2. The molecule has 39 heavy (non-hydrogen) atoms. The van der Waals surface area contributed by atoms with Crippen molar-refractivity contribution >= 4 is 34.6 Å². The van der Waals surface area contributed by atoms with E-state index in [0.717, 1.165) is 23.2 Å². The molecule has 1 saturated heterocycles. The minimum Gasteiger partial charge on any atom is -0.491 e. The molecule has 0 spiro atoms. The SMILES string of the molecule is N#Cc1ncc(N2C(=O)CCCN(c3ccc(OCCCC(F)(F)C(F)(F)F)c(F)c3)C2=S)cc1C(F)(F)F. The van der Waals surface area contributed by atoms with E-state index in [-0.39, 0.29) is 35.9 Å². The Morgan fingerprint density at radius 2 is 1.77 bits per heavy atom. The van der Waals surface area contributed by atoms with E-state index in [2.05, 4.69) is 4.98 Å². The van der Waals surface area contributed by atoms with Gasteiger partial charge in [-0.2, -0.15) is 40.4 Å². The summed E-state index contributed by atoms with van der Waals surface area (Å²) in [5.74, 6) is -7.07. The fourth-order valence-corrected chi connectivity index (χ4v) is 4.00. The Morgan fingerprint density at radius 3 is 2.36 bits per heavy atom.